The lowest BCUT2D eigenvalue weighted by molar-refractivity contribution is 0.184. The van der Waals surface area contributed by atoms with E-state index in [0.717, 1.165) is 78.5 Å². The van der Waals surface area contributed by atoms with E-state index in [1.807, 2.05) is 114 Å². The predicted molar refractivity (Wildman–Crippen MR) is 252 cm³/mol. The van der Waals surface area contributed by atoms with Gasteiger partial charge in [0.05, 0.1) is 63.3 Å². The van der Waals surface area contributed by atoms with Crippen molar-refractivity contribution in [1.29, 1.82) is 0 Å². The summed E-state index contributed by atoms with van der Waals surface area (Å²) in [5.74, 6) is 4.05. The highest BCUT2D eigenvalue weighted by atomic mass is 16.5. The van der Waals surface area contributed by atoms with E-state index < -0.39 is 0 Å². The van der Waals surface area contributed by atoms with Crippen LogP contribution in [0.15, 0.2) is 92.0 Å². The molecule has 2 aliphatic heterocycles. The molecule has 4 aromatic carbocycles. The van der Waals surface area contributed by atoms with Gasteiger partial charge in [-0.25, -0.2) is 19.6 Å². The first-order valence-electron chi connectivity index (χ1n) is 21.5. The monoisotopic (exact) mass is 896 g/mol. The van der Waals surface area contributed by atoms with Gasteiger partial charge >= 0.3 is 12.1 Å². The average molecular weight is 897 g/mol. The van der Waals surface area contributed by atoms with E-state index in [1.54, 1.807) is 42.5 Å². The van der Waals surface area contributed by atoms with Crippen molar-refractivity contribution in [3.63, 3.8) is 0 Å². The first kappa shape index (κ1) is 46.4. The zero-order chi connectivity index (χ0) is 47.4. The zero-order valence-corrected chi connectivity index (χ0v) is 39.4. The smallest absolute Gasteiger partial charge is 0.337 e. The molecule has 8 rings (SSSR count). The van der Waals surface area contributed by atoms with Crippen LogP contribution in [0.3, 0.4) is 0 Å². The number of fused-ring (bicyclic) bond motifs is 2. The fourth-order valence-electron chi connectivity index (χ4n) is 8.48. The van der Waals surface area contributed by atoms with Crippen LogP contribution in [0.1, 0.15) is 70.1 Å². The van der Waals surface area contributed by atoms with Crippen LogP contribution in [0, 0.1) is 27.7 Å². The van der Waals surface area contributed by atoms with Crippen molar-refractivity contribution >= 4 is 23.5 Å². The van der Waals surface area contributed by atoms with Gasteiger partial charge in [0.2, 0.25) is 0 Å². The van der Waals surface area contributed by atoms with Crippen LogP contribution >= 0.6 is 0 Å². The second-order valence-electron chi connectivity index (χ2n) is 16.1. The van der Waals surface area contributed by atoms with Crippen LogP contribution in [-0.4, -0.2) is 98.4 Å². The first-order valence-corrected chi connectivity index (χ1v) is 21.5. The Labute approximate surface area is 384 Å². The molecule has 0 saturated carbocycles. The number of ether oxygens (including phenoxy) is 4. The fraction of sp³-hybridized carbons (Fsp3) is 0.320. The molecule has 0 spiro atoms. The molecular weight excluding hydrogens is 841 g/mol. The quantitative estimate of drug-likeness (QED) is 0.150. The summed E-state index contributed by atoms with van der Waals surface area (Å²) in [7, 11) is 9.65. The summed E-state index contributed by atoms with van der Waals surface area (Å²) in [6.45, 7) is 11.6. The molecule has 2 atom stereocenters. The topological polar surface area (TPSA) is 178 Å². The van der Waals surface area contributed by atoms with E-state index in [9.17, 15) is 9.59 Å². The molecule has 4 amide bonds. The van der Waals surface area contributed by atoms with Crippen molar-refractivity contribution in [3.05, 3.63) is 129 Å². The van der Waals surface area contributed by atoms with E-state index >= 15 is 0 Å². The van der Waals surface area contributed by atoms with Crippen molar-refractivity contribution in [2.24, 2.45) is 10.2 Å². The Morgan fingerprint density at radius 2 is 0.864 bits per heavy atom. The van der Waals surface area contributed by atoms with E-state index in [0.29, 0.717) is 47.3 Å². The molecule has 2 N–H and O–H groups in total. The number of urea groups is 2. The molecule has 4 heterocycles. The van der Waals surface area contributed by atoms with Gasteiger partial charge in [-0.05, 0) is 101 Å². The van der Waals surface area contributed by atoms with Crippen LogP contribution in [0.2, 0.25) is 0 Å². The molecule has 0 bridgehead atoms. The summed E-state index contributed by atoms with van der Waals surface area (Å²) in [5.41, 5.74) is 12.6. The Morgan fingerprint density at radius 3 is 1.15 bits per heavy atom. The Bertz CT molecular complexity index is 2580. The lowest BCUT2D eigenvalue weighted by atomic mass is 9.93. The summed E-state index contributed by atoms with van der Waals surface area (Å²) >= 11 is 0. The number of benzene rings is 4. The third-order valence-corrected chi connectivity index (χ3v) is 11.8. The molecule has 6 aromatic rings. The number of hydrazone groups is 2. The van der Waals surface area contributed by atoms with Crippen LogP contribution in [-0.2, 0) is 12.8 Å². The van der Waals surface area contributed by atoms with Crippen LogP contribution in [0.4, 0.5) is 9.59 Å². The van der Waals surface area contributed by atoms with Crippen molar-refractivity contribution in [2.45, 2.75) is 66.5 Å². The SMILES string of the molecule is CNC(=O)N1N=C(c2ccc(-c3c(C)noc3C)cc2)c2cc(OC)c(OC)cc2CC1C.CNC(=O)N1N=C(c2ccc(-c3c(C)noc3C)cc2)c2cc(OC)c(OC)cc2C[C@@H]1C. The minimum Gasteiger partial charge on any atom is -0.493 e. The summed E-state index contributed by atoms with van der Waals surface area (Å²) in [6.07, 6.45) is 1.24. The van der Waals surface area contributed by atoms with Gasteiger partial charge in [0.15, 0.2) is 23.0 Å². The maximum Gasteiger partial charge on any atom is 0.337 e. The summed E-state index contributed by atoms with van der Waals surface area (Å²) < 4.78 is 32.8. The van der Waals surface area contributed by atoms with E-state index in [-0.39, 0.29) is 24.1 Å². The molecule has 0 radical (unpaired) electrons. The Kier molecular flexibility index (Phi) is 13.8. The van der Waals surface area contributed by atoms with Crippen LogP contribution in [0.25, 0.3) is 22.3 Å². The lowest BCUT2D eigenvalue weighted by Crippen LogP contribution is -2.41. The van der Waals surface area contributed by atoms with Crippen molar-refractivity contribution in [2.75, 3.05) is 42.5 Å². The number of amides is 4. The van der Waals surface area contributed by atoms with Crippen molar-refractivity contribution in [1.82, 2.24) is 31.0 Å². The van der Waals surface area contributed by atoms with E-state index in [2.05, 4.69) is 20.9 Å². The first-order chi connectivity index (χ1) is 31.7. The normalized spacial score (nSPS) is 15.4. The summed E-state index contributed by atoms with van der Waals surface area (Å²) in [6, 6.07) is 23.0. The second kappa shape index (κ2) is 19.6. The number of carbonyl (C=O) groups is 2. The van der Waals surface area contributed by atoms with Gasteiger partial charge in [-0.2, -0.15) is 10.2 Å². The zero-order valence-electron chi connectivity index (χ0n) is 39.4. The third-order valence-electron chi connectivity index (χ3n) is 11.8. The average Bonchev–Trinajstić information content (AvgIpc) is 3.75. The minimum atomic E-state index is -0.265. The minimum absolute atomic E-state index is 0.152. The number of aryl methyl sites for hydroxylation is 4. The van der Waals surface area contributed by atoms with Gasteiger partial charge in [0, 0.05) is 47.5 Å². The number of aromatic nitrogens is 2. The molecule has 66 heavy (non-hydrogen) atoms. The van der Waals surface area contributed by atoms with Gasteiger partial charge in [0.25, 0.3) is 0 Å². The number of carbonyl (C=O) groups excluding carboxylic acids is 2. The van der Waals surface area contributed by atoms with Gasteiger partial charge in [-0.1, -0.05) is 58.8 Å². The molecule has 0 saturated heterocycles. The largest absolute Gasteiger partial charge is 0.493 e. The standard InChI is InChI=1S/2C25H28N4O4/c2*1-14-11-19-12-21(31-5)22(32-6)13-20(19)24(27-29(14)25(30)26-4)18-9-7-17(8-10-18)23-15(2)28-33-16(23)3/h2*7-10,12-14H,11H2,1-6H3,(H,26,30)/t14-;/m0./s1. The molecule has 2 aliphatic rings. The summed E-state index contributed by atoms with van der Waals surface area (Å²) in [4.78, 5) is 25.3. The van der Waals surface area contributed by atoms with Gasteiger partial charge in [-0.15, -0.1) is 0 Å². The number of methoxy groups -OCH3 is 4. The van der Waals surface area contributed by atoms with Gasteiger partial charge in [0.1, 0.15) is 11.5 Å². The molecule has 16 nitrogen and oxygen atoms in total. The number of hydrogen-bond acceptors (Lipinski definition) is 12. The molecular formula is C50H56N8O8. The van der Waals surface area contributed by atoms with Crippen molar-refractivity contribution < 1.29 is 37.6 Å². The molecule has 0 fully saturated rings. The molecule has 344 valence electrons. The molecule has 2 aromatic heterocycles. The van der Waals surface area contributed by atoms with Gasteiger partial charge in [-0.3, -0.25) is 0 Å². The third kappa shape index (κ3) is 9.03. The van der Waals surface area contributed by atoms with Gasteiger partial charge < -0.3 is 38.6 Å². The van der Waals surface area contributed by atoms with Crippen LogP contribution in [0.5, 0.6) is 23.0 Å². The number of hydrogen-bond donors (Lipinski definition) is 2. The number of nitrogens with zero attached hydrogens (tertiary/aromatic N) is 6. The highest BCUT2D eigenvalue weighted by molar-refractivity contribution is 6.15. The lowest BCUT2D eigenvalue weighted by Gasteiger charge is -2.22. The predicted octanol–water partition coefficient (Wildman–Crippen LogP) is 8.63. The maximum absolute atomic E-state index is 12.6. The second-order valence-corrected chi connectivity index (χ2v) is 16.1. The highest BCUT2D eigenvalue weighted by Crippen LogP contribution is 2.37. The number of rotatable bonds is 8. The molecule has 16 heteroatoms. The highest BCUT2D eigenvalue weighted by Gasteiger charge is 2.30. The number of nitrogens with one attached hydrogen (secondary N) is 2. The van der Waals surface area contributed by atoms with E-state index in [1.165, 1.54) is 10.0 Å². The molecule has 1 unspecified atom stereocenters. The fourth-order valence-corrected chi connectivity index (χ4v) is 8.48. The Hall–Kier alpha value is -7.62. The summed E-state index contributed by atoms with van der Waals surface area (Å²) in [5, 5.41) is 26.1. The molecule has 0 aliphatic carbocycles. The Balaban J connectivity index is 0.000000196. The maximum atomic E-state index is 12.6. The van der Waals surface area contributed by atoms with Crippen molar-refractivity contribution in [3.8, 4) is 45.3 Å². The van der Waals surface area contributed by atoms with E-state index in [4.69, 9.17) is 38.2 Å². The Morgan fingerprint density at radius 1 is 0.545 bits per heavy atom. The van der Waals surface area contributed by atoms with Crippen LogP contribution < -0.4 is 29.6 Å².